The molecule has 0 spiro atoms. The van der Waals surface area contributed by atoms with Crippen molar-refractivity contribution in [2.24, 2.45) is 0 Å². The average molecular weight is 287 g/mol. The first-order valence-corrected chi connectivity index (χ1v) is 6.96. The number of methoxy groups -OCH3 is 1. The Kier molecular flexibility index (Phi) is 4.41. The number of hydrogen-bond donors (Lipinski definition) is 1. The second-order valence-corrected chi connectivity index (χ2v) is 6.16. The van der Waals surface area contributed by atoms with E-state index in [9.17, 15) is 13.2 Å². The highest BCUT2D eigenvalue weighted by atomic mass is 32.2. The third-order valence-corrected chi connectivity index (χ3v) is 3.10. The predicted octanol–water partition coefficient (Wildman–Crippen LogP) is 1.96. The molecule has 0 saturated heterocycles. The summed E-state index contributed by atoms with van der Waals surface area (Å²) in [7, 11) is -3.19. The van der Waals surface area contributed by atoms with Gasteiger partial charge in [-0.2, -0.15) is 13.1 Å². The van der Waals surface area contributed by atoms with Gasteiger partial charge in [0.1, 0.15) is 5.75 Å². The van der Waals surface area contributed by atoms with Crippen molar-refractivity contribution in [1.82, 2.24) is 4.72 Å². The van der Waals surface area contributed by atoms with Crippen molar-refractivity contribution in [3.8, 4) is 5.75 Å². The number of carbonyl (C=O) groups is 1. The topological polar surface area (TPSA) is 81.7 Å². The first-order chi connectivity index (χ1) is 8.65. The van der Waals surface area contributed by atoms with Crippen molar-refractivity contribution in [3.05, 3.63) is 29.8 Å². The van der Waals surface area contributed by atoms with Crippen LogP contribution >= 0.6 is 0 Å². The van der Waals surface area contributed by atoms with Crippen LogP contribution in [0.5, 0.6) is 5.75 Å². The summed E-state index contributed by atoms with van der Waals surface area (Å²) < 4.78 is 34.0. The van der Waals surface area contributed by atoms with Crippen molar-refractivity contribution in [2.75, 3.05) is 7.11 Å². The van der Waals surface area contributed by atoms with Gasteiger partial charge in [0.25, 0.3) is 0 Å². The Morgan fingerprint density at radius 2 is 1.79 bits per heavy atom. The molecule has 0 heterocycles. The van der Waals surface area contributed by atoms with E-state index in [2.05, 4.69) is 4.74 Å². The zero-order valence-corrected chi connectivity index (χ0v) is 12.1. The van der Waals surface area contributed by atoms with Crippen LogP contribution in [0.15, 0.2) is 24.3 Å². The minimum atomic E-state index is -4.25. The van der Waals surface area contributed by atoms with E-state index < -0.39 is 16.4 Å². The van der Waals surface area contributed by atoms with Gasteiger partial charge >= 0.3 is 16.4 Å². The lowest BCUT2D eigenvalue weighted by Gasteiger charge is -2.22. The molecule has 0 unspecified atom stereocenters. The minimum Gasteiger partial charge on any atom is -0.452 e. The summed E-state index contributed by atoms with van der Waals surface area (Å²) in [4.78, 5) is 10.9. The Morgan fingerprint density at radius 3 is 2.32 bits per heavy atom. The van der Waals surface area contributed by atoms with Crippen LogP contribution in [-0.4, -0.2) is 21.6 Å². The molecule has 0 aliphatic carbocycles. The van der Waals surface area contributed by atoms with Gasteiger partial charge in [0.2, 0.25) is 0 Å². The van der Waals surface area contributed by atoms with Crippen LogP contribution in [-0.2, 0) is 20.5 Å². The van der Waals surface area contributed by atoms with Gasteiger partial charge in [-0.15, -0.1) is 0 Å². The fourth-order valence-electron chi connectivity index (χ4n) is 1.44. The third kappa shape index (κ3) is 4.44. The number of ether oxygens (including phenoxy) is 1. The van der Waals surface area contributed by atoms with E-state index in [1.807, 2.05) is 20.8 Å². The van der Waals surface area contributed by atoms with Crippen LogP contribution in [0.1, 0.15) is 26.3 Å². The summed E-state index contributed by atoms with van der Waals surface area (Å²) in [6.07, 6.45) is -1.10. The van der Waals surface area contributed by atoms with Crippen LogP contribution in [0.2, 0.25) is 0 Å². The van der Waals surface area contributed by atoms with Gasteiger partial charge in [-0.3, -0.25) is 0 Å². The Bertz CT molecular complexity index is 560. The van der Waals surface area contributed by atoms with E-state index in [4.69, 9.17) is 4.18 Å². The minimum absolute atomic E-state index is 0.173. The van der Waals surface area contributed by atoms with Crippen molar-refractivity contribution < 1.29 is 22.1 Å². The van der Waals surface area contributed by atoms with Crippen molar-refractivity contribution in [1.29, 1.82) is 0 Å². The lowest BCUT2D eigenvalue weighted by atomic mass is 9.86. The molecule has 0 atom stereocenters. The predicted molar refractivity (Wildman–Crippen MR) is 70.2 cm³/mol. The van der Waals surface area contributed by atoms with Gasteiger partial charge in [-0.05, 0) is 11.5 Å². The lowest BCUT2D eigenvalue weighted by molar-refractivity contribution is 0.177. The highest BCUT2D eigenvalue weighted by Gasteiger charge is 2.23. The number of rotatable bonds is 3. The number of hydrogen-bond acceptors (Lipinski definition) is 5. The maximum absolute atomic E-state index is 11.6. The van der Waals surface area contributed by atoms with E-state index in [1.54, 1.807) is 22.9 Å². The maximum atomic E-state index is 11.6. The zero-order valence-electron chi connectivity index (χ0n) is 11.3. The van der Waals surface area contributed by atoms with Crippen LogP contribution in [0.3, 0.4) is 0 Å². The second kappa shape index (κ2) is 5.48. The molecule has 1 rings (SSSR count). The Balaban J connectivity index is 3.04. The number of nitrogens with one attached hydrogen (secondary N) is 1. The van der Waals surface area contributed by atoms with Gasteiger partial charge < -0.3 is 8.92 Å². The van der Waals surface area contributed by atoms with E-state index in [-0.39, 0.29) is 11.2 Å². The second-order valence-electron chi connectivity index (χ2n) is 4.88. The molecular weight excluding hydrogens is 270 g/mol. The molecule has 1 N–H and O–H groups in total. The zero-order chi connectivity index (χ0) is 14.7. The average Bonchev–Trinajstić information content (AvgIpc) is 2.26. The quantitative estimate of drug-likeness (QED) is 0.919. The molecule has 106 valence electrons. The van der Waals surface area contributed by atoms with E-state index in [0.29, 0.717) is 5.56 Å². The molecule has 0 aromatic heterocycles. The van der Waals surface area contributed by atoms with Crippen LogP contribution in [0.25, 0.3) is 0 Å². The smallest absolute Gasteiger partial charge is 0.423 e. The summed E-state index contributed by atoms with van der Waals surface area (Å²) in [5.41, 5.74) is 0.419. The van der Waals surface area contributed by atoms with Gasteiger partial charge in [-0.1, -0.05) is 39.0 Å². The number of carbonyl (C=O) groups excluding carboxylic acids is 1. The van der Waals surface area contributed by atoms with Crippen LogP contribution in [0.4, 0.5) is 4.79 Å². The Morgan fingerprint density at radius 1 is 1.21 bits per heavy atom. The first-order valence-electron chi connectivity index (χ1n) is 5.55. The molecule has 0 fully saturated rings. The van der Waals surface area contributed by atoms with E-state index >= 15 is 0 Å². The fraction of sp³-hybridized carbons (Fsp3) is 0.417. The number of amides is 1. The molecule has 0 radical (unpaired) electrons. The normalized spacial score (nSPS) is 11.8. The summed E-state index contributed by atoms with van der Waals surface area (Å²) in [6, 6.07) is 6.73. The highest BCUT2D eigenvalue weighted by molar-refractivity contribution is 7.85. The monoisotopic (exact) mass is 287 g/mol. The standard InChI is InChI=1S/C12H17NO5S/c1-12(2,3)9-7-5-6-8-10(9)18-19(15,16)13-11(14)17-4/h5-8H,1-4H3,(H,13,14). The Labute approximate surface area is 113 Å². The SMILES string of the molecule is COC(=O)NS(=O)(=O)Oc1ccccc1C(C)(C)C. The molecule has 0 saturated carbocycles. The number of benzene rings is 1. The summed E-state index contributed by atoms with van der Waals surface area (Å²) in [6.45, 7) is 5.78. The molecule has 0 aliphatic rings. The van der Waals surface area contributed by atoms with Gasteiger partial charge in [-0.25, -0.2) is 4.79 Å². The number of para-hydroxylation sites is 1. The highest BCUT2D eigenvalue weighted by Crippen LogP contribution is 2.31. The van der Waals surface area contributed by atoms with E-state index in [0.717, 1.165) is 7.11 Å². The maximum Gasteiger partial charge on any atom is 0.423 e. The van der Waals surface area contributed by atoms with Gasteiger partial charge in [0.15, 0.2) is 0 Å². The van der Waals surface area contributed by atoms with Crippen LogP contribution in [0, 0.1) is 0 Å². The summed E-state index contributed by atoms with van der Waals surface area (Å²) in [5, 5.41) is 0. The summed E-state index contributed by atoms with van der Waals surface area (Å²) in [5.74, 6) is 0.173. The van der Waals surface area contributed by atoms with Crippen LogP contribution < -0.4 is 8.91 Å². The van der Waals surface area contributed by atoms with Crippen molar-refractivity contribution >= 4 is 16.4 Å². The largest absolute Gasteiger partial charge is 0.452 e. The Hall–Kier alpha value is -1.76. The molecule has 1 aromatic rings. The van der Waals surface area contributed by atoms with Crippen molar-refractivity contribution in [2.45, 2.75) is 26.2 Å². The molecule has 0 aliphatic heterocycles. The lowest BCUT2D eigenvalue weighted by Crippen LogP contribution is -2.34. The molecule has 6 nitrogen and oxygen atoms in total. The van der Waals surface area contributed by atoms with Gasteiger partial charge in [0, 0.05) is 5.56 Å². The molecule has 7 heteroatoms. The van der Waals surface area contributed by atoms with Gasteiger partial charge in [0.05, 0.1) is 7.11 Å². The van der Waals surface area contributed by atoms with Crippen molar-refractivity contribution in [3.63, 3.8) is 0 Å². The molecule has 0 bridgehead atoms. The molecular formula is C12H17NO5S. The first kappa shape index (κ1) is 15.3. The fourth-order valence-corrected chi connectivity index (χ4v) is 2.15. The van der Waals surface area contributed by atoms with E-state index in [1.165, 1.54) is 6.07 Å². The third-order valence-electron chi connectivity index (χ3n) is 2.29. The molecule has 1 amide bonds. The molecule has 19 heavy (non-hydrogen) atoms. The summed E-state index contributed by atoms with van der Waals surface area (Å²) >= 11 is 0. The molecule has 1 aromatic carbocycles.